The normalized spacial score (nSPS) is 23.2. The van der Waals surface area contributed by atoms with Crippen LogP contribution in [0.2, 0.25) is 0 Å². The summed E-state index contributed by atoms with van der Waals surface area (Å²) in [7, 11) is 0. The number of anilines is 1. The molecule has 7 heteroatoms. The van der Waals surface area contributed by atoms with E-state index in [2.05, 4.69) is 9.97 Å². The molecule has 0 N–H and O–H groups in total. The lowest BCUT2D eigenvalue weighted by molar-refractivity contribution is -0.148. The number of carbonyl (C=O) groups excluding carboxylic acids is 1. The zero-order valence-electron chi connectivity index (χ0n) is 12.2. The number of aryl methyl sites for hydroxylation is 1. The SMILES string of the molecule is Cc1cnc(N2CCOC(C(=O)N3CCOCC3)C2)nc1. The van der Waals surface area contributed by atoms with Gasteiger partial charge in [0.15, 0.2) is 6.10 Å². The number of hydrogen-bond acceptors (Lipinski definition) is 6. The van der Waals surface area contributed by atoms with Gasteiger partial charge in [-0.25, -0.2) is 9.97 Å². The number of aromatic nitrogens is 2. The van der Waals surface area contributed by atoms with Crippen LogP contribution in [0.15, 0.2) is 12.4 Å². The molecular weight excluding hydrogens is 272 g/mol. The molecule has 2 aliphatic heterocycles. The molecule has 0 saturated carbocycles. The summed E-state index contributed by atoms with van der Waals surface area (Å²) in [6.45, 7) is 6.15. The summed E-state index contributed by atoms with van der Waals surface area (Å²) in [4.78, 5) is 24.9. The van der Waals surface area contributed by atoms with Gasteiger partial charge in [0.1, 0.15) is 0 Å². The smallest absolute Gasteiger partial charge is 0.253 e. The van der Waals surface area contributed by atoms with Crippen LogP contribution in [-0.4, -0.2) is 72.9 Å². The van der Waals surface area contributed by atoms with Gasteiger partial charge < -0.3 is 19.3 Å². The van der Waals surface area contributed by atoms with Crippen LogP contribution in [0, 0.1) is 6.92 Å². The van der Waals surface area contributed by atoms with Gasteiger partial charge in [-0.3, -0.25) is 4.79 Å². The number of hydrogen-bond donors (Lipinski definition) is 0. The molecule has 3 rings (SSSR count). The van der Waals surface area contributed by atoms with Gasteiger partial charge >= 0.3 is 0 Å². The van der Waals surface area contributed by atoms with Crippen LogP contribution in [0.5, 0.6) is 0 Å². The predicted octanol–water partition coefficient (Wildman–Crippen LogP) is -0.151. The average molecular weight is 292 g/mol. The molecule has 2 aliphatic rings. The number of nitrogens with zero attached hydrogens (tertiary/aromatic N) is 4. The van der Waals surface area contributed by atoms with Gasteiger partial charge in [-0.15, -0.1) is 0 Å². The van der Waals surface area contributed by atoms with Crippen molar-refractivity contribution in [2.45, 2.75) is 13.0 Å². The van der Waals surface area contributed by atoms with Crippen LogP contribution >= 0.6 is 0 Å². The predicted molar refractivity (Wildman–Crippen MR) is 76.1 cm³/mol. The van der Waals surface area contributed by atoms with E-state index in [-0.39, 0.29) is 5.91 Å². The van der Waals surface area contributed by atoms with Gasteiger partial charge in [0.05, 0.1) is 26.4 Å². The number of carbonyl (C=O) groups is 1. The molecule has 1 amide bonds. The fourth-order valence-electron chi connectivity index (χ4n) is 2.52. The summed E-state index contributed by atoms with van der Waals surface area (Å²) in [5, 5.41) is 0. The maximum Gasteiger partial charge on any atom is 0.253 e. The van der Waals surface area contributed by atoms with Gasteiger partial charge in [0, 0.05) is 32.0 Å². The van der Waals surface area contributed by atoms with Crippen molar-refractivity contribution in [2.75, 3.05) is 50.9 Å². The number of morpholine rings is 2. The first-order valence-corrected chi connectivity index (χ1v) is 7.26. The Labute approximate surface area is 123 Å². The van der Waals surface area contributed by atoms with Crippen LogP contribution in [0.1, 0.15) is 5.56 Å². The maximum absolute atomic E-state index is 12.5. The molecule has 0 spiro atoms. The molecule has 21 heavy (non-hydrogen) atoms. The van der Waals surface area contributed by atoms with E-state index < -0.39 is 6.10 Å². The van der Waals surface area contributed by atoms with Crippen molar-refractivity contribution in [3.05, 3.63) is 18.0 Å². The molecule has 0 radical (unpaired) electrons. The first-order chi connectivity index (χ1) is 10.2. The highest BCUT2D eigenvalue weighted by molar-refractivity contribution is 5.82. The molecule has 0 aromatic carbocycles. The van der Waals surface area contributed by atoms with Gasteiger partial charge in [0.25, 0.3) is 5.91 Å². The zero-order chi connectivity index (χ0) is 14.7. The minimum Gasteiger partial charge on any atom is -0.378 e. The van der Waals surface area contributed by atoms with Crippen molar-refractivity contribution in [1.29, 1.82) is 0 Å². The van der Waals surface area contributed by atoms with Gasteiger partial charge in [0.2, 0.25) is 5.95 Å². The lowest BCUT2D eigenvalue weighted by atomic mass is 10.2. The van der Waals surface area contributed by atoms with Gasteiger partial charge in [-0.2, -0.15) is 0 Å². The summed E-state index contributed by atoms with van der Waals surface area (Å²) < 4.78 is 10.9. The molecule has 1 aromatic heterocycles. The minimum absolute atomic E-state index is 0.0371. The van der Waals surface area contributed by atoms with E-state index >= 15 is 0 Å². The molecule has 2 saturated heterocycles. The second kappa shape index (κ2) is 6.36. The Balaban J connectivity index is 1.64. The van der Waals surface area contributed by atoms with Crippen LogP contribution < -0.4 is 4.90 Å². The standard InChI is InChI=1S/C14H20N4O3/c1-11-8-15-14(16-9-11)18-4-7-21-12(10-18)13(19)17-2-5-20-6-3-17/h8-9,12H,2-7,10H2,1H3. The van der Waals surface area contributed by atoms with E-state index in [9.17, 15) is 4.79 Å². The monoisotopic (exact) mass is 292 g/mol. The lowest BCUT2D eigenvalue weighted by Gasteiger charge is -2.36. The molecule has 1 aromatic rings. The Kier molecular flexibility index (Phi) is 4.31. The van der Waals surface area contributed by atoms with Crippen LogP contribution in [0.4, 0.5) is 5.95 Å². The molecule has 0 bridgehead atoms. The lowest BCUT2D eigenvalue weighted by Crippen LogP contribution is -2.53. The molecule has 3 heterocycles. The zero-order valence-corrected chi connectivity index (χ0v) is 12.2. The van der Waals surface area contributed by atoms with Crippen molar-refractivity contribution < 1.29 is 14.3 Å². The largest absolute Gasteiger partial charge is 0.378 e. The van der Waals surface area contributed by atoms with E-state index in [0.717, 1.165) is 5.56 Å². The Morgan fingerprint density at radius 3 is 2.62 bits per heavy atom. The van der Waals surface area contributed by atoms with Crippen molar-refractivity contribution >= 4 is 11.9 Å². The highest BCUT2D eigenvalue weighted by Gasteiger charge is 2.31. The van der Waals surface area contributed by atoms with E-state index in [1.807, 2.05) is 16.7 Å². The fourth-order valence-corrected chi connectivity index (χ4v) is 2.52. The van der Waals surface area contributed by atoms with Crippen LogP contribution in [0.3, 0.4) is 0 Å². The molecular formula is C14H20N4O3. The highest BCUT2D eigenvalue weighted by atomic mass is 16.5. The second-order valence-corrected chi connectivity index (χ2v) is 5.30. The second-order valence-electron chi connectivity index (χ2n) is 5.30. The quantitative estimate of drug-likeness (QED) is 0.755. The third-order valence-electron chi connectivity index (χ3n) is 3.71. The first-order valence-electron chi connectivity index (χ1n) is 7.26. The third kappa shape index (κ3) is 3.30. The number of ether oxygens (including phenoxy) is 2. The third-order valence-corrected chi connectivity index (χ3v) is 3.71. The molecule has 1 atom stereocenters. The van der Waals surface area contributed by atoms with Gasteiger partial charge in [-0.05, 0) is 12.5 Å². The van der Waals surface area contributed by atoms with E-state index in [4.69, 9.17) is 9.47 Å². The topological polar surface area (TPSA) is 67.8 Å². The molecule has 7 nitrogen and oxygen atoms in total. The van der Waals surface area contributed by atoms with Gasteiger partial charge in [-0.1, -0.05) is 0 Å². The Hall–Kier alpha value is -1.73. The molecule has 114 valence electrons. The van der Waals surface area contributed by atoms with Crippen molar-refractivity contribution in [1.82, 2.24) is 14.9 Å². The number of amides is 1. The van der Waals surface area contributed by atoms with E-state index in [1.165, 1.54) is 0 Å². The van der Waals surface area contributed by atoms with Crippen molar-refractivity contribution in [3.63, 3.8) is 0 Å². The summed E-state index contributed by atoms with van der Waals surface area (Å²) >= 11 is 0. The maximum atomic E-state index is 12.5. The Morgan fingerprint density at radius 1 is 1.19 bits per heavy atom. The molecule has 2 fully saturated rings. The average Bonchev–Trinajstić information content (AvgIpc) is 2.56. The molecule has 0 aliphatic carbocycles. The Morgan fingerprint density at radius 2 is 1.90 bits per heavy atom. The summed E-state index contributed by atoms with van der Waals surface area (Å²) in [5.74, 6) is 0.693. The van der Waals surface area contributed by atoms with Crippen LogP contribution in [0.25, 0.3) is 0 Å². The van der Waals surface area contributed by atoms with E-state index in [1.54, 1.807) is 12.4 Å². The fraction of sp³-hybridized carbons (Fsp3) is 0.643. The highest BCUT2D eigenvalue weighted by Crippen LogP contribution is 2.15. The summed E-state index contributed by atoms with van der Waals surface area (Å²) in [6, 6.07) is 0. The van der Waals surface area contributed by atoms with Crippen molar-refractivity contribution in [3.8, 4) is 0 Å². The summed E-state index contributed by atoms with van der Waals surface area (Å²) in [5.41, 5.74) is 1.02. The summed E-state index contributed by atoms with van der Waals surface area (Å²) in [6.07, 6.45) is 3.13. The van der Waals surface area contributed by atoms with Crippen molar-refractivity contribution in [2.24, 2.45) is 0 Å². The Bertz CT molecular complexity index is 487. The van der Waals surface area contributed by atoms with E-state index in [0.29, 0.717) is 51.9 Å². The minimum atomic E-state index is -0.443. The number of rotatable bonds is 2. The molecule has 1 unspecified atom stereocenters. The first kappa shape index (κ1) is 14.2. The van der Waals surface area contributed by atoms with Crippen LogP contribution in [-0.2, 0) is 14.3 Å².